The van der Waals surface area contributed by atoms with Gasteiger partial charge in [0.1, 0.15) is 12.8 Å². The van der Waals surface area contributed by atoms with Gasteiger partial charge in [0.05, 0.1) is 5.52 Å². The van der Waals surface area contributed by atoms with Gasteiger partial charge in [-0.2, -0.15) is 13.2 Å². The van der Waals surface area contributed by atoms with Gasteiger partial charge in [-0.1, -0.05) is 29.8 Å². The molecule has 10 heteroatoms. The monoisotopic (exact) mass is 523 g/mol. The van der Waals surface area contributed by atoms with Crippen LogP contribution in [0.4, 0.5) is 18.9 Å². The van der Waals surface area contributed by atoms with Crippen molar-refractivity contribution < 1.29 is 22.5 Å². The molecule has 1 fully saturated rings. The fraction of sp³-hybridized carbons (Fsp3) is 0.360. The summed E-state index contributed by atoms with van der Waals surface area (Å²) in [5.74, 6) is -0.296. The second-order valence-electron chi connectivity index (χ2n) is 9.26. The van der Waals surface area contributed by atoms with Gasteiger partial charge in [0, 0.05) is 39.0 Å². The minimum Gasteiger partial charge on any atom is -0.382 e. The molecule has 1 aliphatic rings. The average molecular weight is 524 g/mol. The number of pyridine rings is 1. The summed E-state index contributed by atoms with van der Waals surface area (Å²) in [6.07, 6.45) is -1.76. The molecule has 0 saturated heterocycles. The lowest BCUT2D eigenvalue weighted by molar-refractivity contribution is -0.140. The number of nitrogens with zero attached hydrogens (tertiary/aromatic N) is 1. The van der Waals surface area contributed by atoms with E-state index in [0.29, 0.717) is 33.4 Å². The lowest BCUT2D eigenvalue weighted by Crippen LogP contribution is -2.42. The largest absolute Gasteiger partial charge is 0.433 e. The first kappa shape index (κ1) is 25.5. The Labute approximate surface area is 206 Å². The van der Waals surface area contributed by atoms with E-state index < -0.39 is 19.0 Å². The molecule has 1 aliphatic carbocycles. The number of alkyl halides is 3. The van der Waals surface area contributed by atoms with E-state index in [4.69, 9.17) is 11.6 Å². The quantitative estimate of drug-likeness (QED) is 0.385. The summed E-state index contributed by atoms with van der Waals surface area (Å²) < 4.78 is 53.0. The van der Waals surface area contributed by atoms with Crippen molar-refractivity contribution in [2.24, 2.45) is 0 Å². The van der Waals surface area contributed by atoms with Gasteiger partial charge in [-0.05, 0) is 69.3 Å². The normalized spacial score (nSPS) is 18.9. The third-order valence-electron chi connectivity index (χ3n) is 6.16. The van der Waals surface area contributed by atoms with Crippen LogP contribution in [0, 0.1) is 0 Å². The van der Waals surface area contributed by atoms with Crippen LogP contribution >= 0.6 is 18.7 Å². The van der Waals surface area contributed by atoms with Crippen LogP contribution in [0.2, 0.25) is 5.02 Å². The zero-order valence-corrected chi connectivity index (χ0v) is 21.0. The maximum absolute atomic E-state index is 13.5. The fourth-order valence-electron chi connectivity index (χ4n) is 4.53. The van der Waals surface area contributed by atoms with Crippen LogP contribution < -0.4 is 15.9 Å². The summed E-state index contributed by atoms with van der Waals surface area (Å²) in [5.41, 5.74) is -0.0752. The van der Waals surface area contributed by atoms with Crippen molar-refractivity contribution in [1.82, 2.24) is 10.3 Å². The van der Waals surface area contributed by atoms with E-state index in [2.05, 4.69) is 15.6 Å². The third kappa shape index (κ3) is 5.99. The molecule has 0 unspecified atom stereocenters. The molecule has 2 N–H and O–H groups in total. The number of amides is 1. The summed E-state index contributed by atoms with van der Waals surface area (Å²) >= 11 is 6.10. The molecule has 4 rings (SSSR count). The number of rotatable bonds is 5. The summed E-state index contributed by atoms with van der Waals surface area (Å²) in [6, 6.07) is 12.1. The van der Waals surface area contributed by atoms with Gasteiger partial charge in [-0.25, -0.2) is 4.98 Å². The number of aromatic nitrogens is 1. The Hall–Kier alpha value is -2.57. The number of hydrogen-bond acceptors (Lipinski definition) is 4. The minimum atomic E-state index is -4.58. The van der Waals surface area contributed by atoms with Crippen LogP contribution in [0.1, 0.15) is 41.7 Å². The topological polar surface area (TPSA) is 71.1 Å². The van der Waals surface area contributed by atoms with Crippen LogP contribution in [-0.2, 0) is 10.7 Å². The zero-order chi connectivity index (χ0) is 25.4. The average Bonchev–Trinajstić information content (AvgIpc) is 2.78. The van der Waals surface area contributed by atoms with Crippen LogP contribution in [0.25, 0.3) is 10.9 Å². The van der Waals surface area contributed by atoms with Crippen molar-refractivity contribution in [2.45, 2.75) is 43.9 Å². The van der Waals surface area contributed by atoms with Crippen LogP contribution in [0.15, 0.2) is 48.5 Å². The van der Waals surface area contributed by atoms with E-state index in [1.54, 1.807) is 43.7 Å². The second kappa shape index (κ2) is 9.82. The Morgan fingerprint density at radius 2 is 1.80 bits per heavy atom. The molecule has 0 radical (unpaired) electrons. The highest BCUT2D eigenvalue weighted by molar-refractivity contribution is 7.70. The van der Waals surface area contributed by atoms with Gasteiger partial charge in [-0.15, -0.1) is 0 Å². The first-order valence-electron chi connectivity index (χ1n) is 11.3. The number of benzene rings is 2. The molecule has 0 aliphatic heterocycles. The number of hydrogen-bond donors (Lipinski definition) is 2. The van der Waals surface area contributed by atoms with Gasteiger partial charge >= 0.3 is 6.18 Å². The van der Waals surface area contributed by atoms with E-state index in [1.165, 1.54) is 12.1 Å². The molecule has 186 valence electrons. The van der Waals surface area contributed by atoms with Gasteiger partial charge in [0.25, 0.3) is 5.91 Å². The van der Waals surface area contributed by atoms with E-state index in [0.717, 1.165) is 25.3 Å². The highest BCUT2D eigenvalue weighted by Gasteiger charge is 2.34. The molecule has 35 heavy (non-hydrogen) atoms. The molecule has 0 bridgehead atoms. The molecule has 1 heterocycles. The molecule has 1 aromatic heterocycles. The Morgan fingerprint density at radius 1 is 1.09 bits per heavy atom. The van der Waals surface area contributed by atoms with E-state index >= 15 is 0 Å². The molecule has 1 amide bonds. The molecule has 2 aromatic carbocycles. The predicted molar refractivity (Wildman–Crippen MR) is 134 cm³/mol. The Kier molecular flexibility index (Phi) is 7.16. The van der Waals surface area contributed by atoms with Crippen molar-refractivity contribution in [3.8, 4) is 0 Å². The molecule has 1 saturated carbocycles. The van der Waals surface area contributed by atoms with Crippen molar-refractivity contribution in [1.29, 1.82) is 0 Å². The smallest absolute Gasteiger partial charge is 0.382 e. The molecule has 3 aromatic rings. The predicted octanol–water partition coefficient (Wildman–Crippen LogP) is 6.31. The van der Waals surface area contributed by atoms with E-state index in [1.807, 2.05) is 0 Å². The van der Waals surface area contributed by atoms with Crippen molar-refractivity contribution >= 4 is 46.5 Å². The van der Waals surface area contributed by atoms with E-state index in [9.17, 15) is 22.5 Å². The van der Waals surface area contributed by atoms with Crippen molar-refractivity contribution in [3.63, 3.8) is 0 Å². The molecule has 5 nitrogen and oxygen atoms in total. The molecule has 2 atom stereocenters. The first-order valence-corrected chi connectivity index (χ1v) is 14.3. The first-order chi connectivity index (χ1) is 16.4. The SMILES string of the molecule is CP(C)(=O)c1ccccc1C(=O)N[C@@H]1CCC[C@H](Nc2cc(C(F)(F)F)nc3ccc(Cl)cc23)C1. The van der Waals surface area contributed by atoms with Gasteiger partial charge in [-0.3, -0.25) is 4.79 Å². The van der Waals surface area contributed by atoms with Gasteiger partial charge in [0.2, 0.25) is 0 Å². The third-order valence-corrected chi connectivity index (χ3v) is 7.94. The van der Waals surface area contributed by atoms with Crippen molar-refractivity contribution in [2.75, 3.05) is 18.6 Å². The minimum absolute atomic E-state index is 0.154. The summed E-state index contributed by atoms with van der Waals surface area (Å²) in [4.78, 5) is 16.8. The number of carbonyl (C=O) groups is 1. The molecular weight excluding hydrogens is 498 g/mol. The van der Waals surface area contributed by atoms with Crippen molar-refractivity contribution in [3.05, 3.63) is 64.8 Å². The lowest BCUT2D eigenvalue weighted by Gasteiger charge is -2.31. The van der Waals surface area contributed by atoms with E-state index in [-0.39, 0.29) is 23.5 Å². The van der Waals surface area contributed by atoms with Crippen LogP contribution in [0.5, 0.6) is 0 Å². The zero-order valence-electron chi connectivity index (χ0n) is 19.3. The number of halogens is 4. The highest BCUT2D eigenvalue weighted by Crippen LogP contribution is 2.37. The molecule has 0 spiro atoms. The summed E-state index contributed by atoms with van der Waals surface area (Å²) in [6.45, 7) is 3.25. The van der Waals surface area contributed by atoms with Crippen LogP contribution in [-0.4, -0.2) is 36.3 Å². The standard InChI is InChI=1S/C25H26ClF3N3O2P/c1-35(2,34)22-9-4-3-8-18(22)24(33)31-17-7-5-6-16(13-17)30-21-14-23(25(27,28)29)32-20-11-10-15(26)12-19(20)21/h3-4,8-12,14,16-17H,5-7,13H2,1-2H3,(H,30,32)(H,31,33)/t16-,17+/m0/s1. The summed E-state index contributed by atoms with van der Waals surface area (Å²) in [5, 5.41) is 7.72. The maximum atomic E-state index is 13.5. The number of nitrogens with one attached hydrogen (secondary N) is 2. The fourth-order valence-corrected chi connectivity index (χ4v) is 5.91. The number of anilines is 1. The van der Waals surface area contributed by atoms with Gasteiger partial charge < -0.3 is 15.2 Å². The Morgan fingerprint density at radius 3 is 2.51 bits per heavy atom. The lowest BCUT2D eigenvalue weighted by atomic mass is 9.90. The maximum Gasteiger partial charge on any atom is 0.433 e. The highest BCUT2D eigenvalue weighted by atomic mass is 35.5. The van der Waals surface area contributed by atoms with Crippen LogP contribution in [0.3, 0.4) is 0 Å². The number of carbonyl (C=O) groups excluding carboxylic acids is 1. The molecular formula is C25H26ClF3N3O2P. The van der Waals surface area contributed by atoms with Gasteiger partial charge in [0.15, 0.2) is 0 Å². The second-order valence-corrected chi connectivity index (χ2v) is 12.9. The Balaban J connectivity index is 1.54. The Bertz CT molecular complexity index is 1310. The summed E-state index contributed by atoms with van der Waals surface area (Å²) in [7, 11) is -2.65. The number of fused-ring (bicyclic) bond motifs is 1.